The maximum Gasteiger partial charge on any atom is 0.416 e. The molecule has 0 atom stereocenters. The summed E-state index contributed by atoms with van der Waals surface area (Å²) in [5, 5.41) is 14.9. The number of halogens is 3. The first kappa shape index (κ1) is 30.7. The van der Waals surface area contributed by atoms with Crippen LogP contribution < -0.4 is 15.4 Å². The number of alkyl halides is 3. The second-order valence-electron chi connectivity index (χ2n) is 10.4. The highest BCUT2D eigenvalue weighted by Crippen LogP contribution is 2.35. The first-order chi connectivity index (χ1) is 20.1. The van der Waals surface area contributed by atoms with E-state index in [9.17, 15) is 27.9 Å². The molecule has 0 saturated heterocycles. The van der Waals surface area contributed by atoms with E-state index in [1.807, 2.05) is 0 Å². The predicted octanol–water partition coefficient (Wildman–Crippen LogP) is 5.75. The molecule has 42 heavy (non-hydrogen) atoms. The molecule has 3 N–H and O–H groups in total. The van der Waals surface area contributed by atoms with E-state index in [1.165, 1.54) is 31.4 Å². The SMILES string of the molecule is CNc1nc(CCCC2CCC(C(=O)NCc3ccc(OC)cc3C(F)(F)F)CC2)nc(-c2cccc(C(=O)O)c2)n1. The number of aryl methyl sites for hydroxylation is 1. The van der Waals surface area contributed by atoms with Gasteiger partial charge in [0.15, 0.2) is 5.82 Å². The third-order valence-corrected chi connectivity index (χ3v) is 7.58. The molecule has 0 radical (unpaired) electrons. The quantitative estimate of drug-likeness (QED) is 0.260. The highest BCUT2D eigenvalue weighted by molar-refractivity contribution is 5.89. The molecule has 1 fully saturated rings. The van der Waals surface area contributed by atoms with Crippen LogP contribution in [0.3, 0.4) is 0 Å². The fourth-order valence-corrected chi connectivity index (χ4v) is 5.25. The Hall–Kier alpha value is -4.22. The van der Waals surface area contributed by atoms with Crippen LogP contribution in [0.2, 0.25) is 0 Å². The number of hydrogen-bond acceptors (Lipinski definition) is 7. The summed E-state index contributed by atoms with van der Waals surface area (Å²) >= 11 is 0. The third-order valence-electron chi connectivity index (χ3n) is 7.58. The van der Waals surface area contributed by atoms with Gasteiger partial charge in [-0.3, -0.25) is 4.79 Å². The molecule has 3 aromatic rings. The summed E-state index contributed by atoms with van der Waals surface area (Å²) in [6.45, 7) is -0.194. The van der Waals surface area contributed by atoms with Gasteiger partial charge in [-0.1, -0.05) is 24.6 Å². The Morgan fingerprint density at radius 1 is 1.05 bits per heavy atom. The molecule has 224 valence electrons. The lowest BCUT2D eigenvalue weighted by atomic mass is 9.79. The Morgan fingerprint density at radius 3 is 2.48 bits per heavy atom. The van der Waals surface area contributed by atoms with Crippen LogP contribution in [0, 0.1) is 11.8 Å². The molecule has 1 aromatic heterocycles. The van der Waals surface area contributed by atoms with Gasteiger partial charge in [0.25, 0.3) is 0 Å². The zero-order valence-electron chi connectivity index (χ0n) is 23.5. The summed E-state index contributed by atoms with van der Waals surface area (Å²) in [4.78, 5) is 37.5. The van der Waals surface area contributed by atoms with Gasteiger partial charge >= 0.3 is 12.1 Å². The van der Waals surface area contributed by atoms with Crippen molar-refractivity contribution in [1.82, 2.24) is 20.3 Å². The van der Waals surface area contributed by atoms with Crippen molar-refractivity contribution in [2.45, 2.75) is 57.7 Å². The van der Waals surface area contributed by atoms with E-state index in [2.05, 4.69) is 25.6 Å². The monoisotopic (exact) mass is 585 g/mol. The molecule has 1 heterocycles. The van der Waals surface area contributed by atoms with Crippen molar-refractivity contribution in [3.8, 4) is 17.1 Å². The van der Waals surface area contributed by atoms with Crippen molar-refractivity contribution >= 4 is 17.8 Å². The van der Waals surface area contributed by atoms with Gasteiger partial charge in [0.05, 0.1) is 18.2 Å². The lowest BCUT2D eigenvalue weighted by molar-refractivity contribution is -0.138. The van der Waals surface area contributed by atoms with Crippen LogP contribution in [-0.4, -0.2) is 46.1 Å². The lowest BCUT2D eigenvalue weighted by Crippen LogP contribution is -2.33. The van der Waals surface area contributed by atoms with E-state index in [0.717, 1.165) is 31.7 Å². The van der Waals surface area contributed by atoms with Gasteiger partial charge in [-0.15, -0.1) is 0 Å². The van der Waals surface area contributed by atoms with E-state index in [-0.39, 0.29) is 35.2 Å². The minimum absolute atomic E-state index is 0.00263. The first-order valence-corrected chi connectivity index (χ1v) is 13.9. The molecule has 0 aliphatic heterocycles. The number of nitrogens with one attached hydrogen (secondary N) is 2. The predicted molar refractivity (Wildman–Crippen MR) is 150 cm³/mol. The summed E-state index contributed by atoms with van der Waals surface area (Å²) in [6, 6.07) is 10.2. The lowest BCUT2D eigenvalue weighted by Gasteiger charge is -2.28. The summed E-state index contributed by atoms with van der Waals surface area (Å²) < 4.78 is 45.3. The van der Waals surface area contributed by atoms with Gasteiger partial charge in [0, 0.05) is 31.5 Å². The van der Waals surface area contributed by atoms with Gasteiger partial charge in [-0.25, -0.2) is 9.78 Å². The van der Waals surface area contributed by atoms with Crippen LogP contribution in [-0.2, 0) is 23.9 Å². The van der Waals surface area contributed by atoms with Crippen molar-refractivity contribution in [1.29, 1.82) is 0 Å². The van der Waals surface area contributed by atoms with Crippen molar-refractivity contribution in [3.05, 3.63) is 65.0 Å². The summed E-state index contributed by atoms with van der Waals surface area (Å²) in [5.74, 6) is 0.482. The summed E-state index contributed by atoms with van der Waals surface area (Å²) in [7, 11) is 3.01. The average Bonchev–Trinajstić information content (AvgIpc) is 2.99. The summed E-state index contributed by atoms with van der Waals surface area (Å²) in [5.41, 5.74) is -0.0700. The van der Waals surface area contributed by atoms with Gasteiger partial charge in [0.2, 0.25) is 11.9 Å². The number of ether oxygens (including phenoxy) is 1. The molecule has 12 heteroatoms. The highest BCUT2D eigenvalue weighted by Gasteiger charge is 2.34. The normalized spacial score (nSPS) is 17.0. The number of benzene rings is 2. The van der Waals surface area contributed by atoms with Crippen LogP contribution in [0.25, 0.3) is 11.4 Å². The molecule has 1 amide bonds. The van der Waals surface area contributed by atoms with Gasteiger partial charge < -0.3 is 20.5 Å². The number of aromatic carboxylic acids is 1. The van der Waals surface area contributed by atoms with Crippen LogP contribution in [0.15, 0.2) is 42.5 Å². The molecule has 2 aromatic carbocycles. The van der Waals surface area contributed by atoms with Crippen molar-refractivity contribution in [2.24, 2.45) is 11.8 Å². The van der Waals surface area contributed by atoms with Crippen LogP contribution in [0.1, 0.15) is 65.8 Å². The molecule has 0 unspecified atom stereocenters. The fraction of sp³-hybridized carbons (Fsp3) is 0.433. The Kier molecular flexibility index (Phi) is 9.97. The van der Waals surface area contributed by atoms with E-state index in [0.29, 0.717) is 48.3 Å². The molecule has 1 aliphatic rings. The topological polar surface area (TPSA) is 126 Å². The Labute approximate surface area is 241 Å². The second kappa shape index (κ2) is 13.6. The van der Waals surface area contributed by atoms with Crippen molar-refractivity contribution < 1.29 is 32.6 Å². The number of carbonyl (C=O) groups is 2. The number of rotatable bonds is 11. The number of methoxy groups -OCH3 is 1. The van der Waals surface area contributed by atoms with E-state index >= 15 is 0 Å². The molecular weight excluding hydrogens is 551 g/mol. The standard InChI is InChI=1S/C30H34F3N5O4/c1-34-29-37-25(36-26(38-29)20-6-4-7-21(15-20)28(40)41)8-3-5-18-9-11-19(12-10-18)27(39)35-17-22-13-14-23(42-2)16-24(22)30(31,32)33/h4,6-7,13-16,18-19H,3,5,8-12,17H2,1-2H3,(H,35,39)(H,40,41)(H,34,36,37,38). The molecule has 9 nitrogen and oxygen atoms in total. The number of nitrogens with zero attached hydrogens (tertiary/aromatic N) is 3. The summed E-state index contributed by atoms with van der Waals surface area (Å²) in [6.07, 6.45) is 0.930. The van der Waals surface area contributed by atoms with Gasteiger partial charge in [0.1, 0.15) is 11.6 Å². The first-order valence-electron chi connectivity index (χ1n) is 13.9. The molecule has 1 saturated carbocycles. The Balaban J connectivity index is 1.27. The van der Waals surface area contributed by atoms with Crippen LogP contribution in [0.4, 0.5) is 19.1 Å². The Bertz CT molecular complexity index is 1410. The van der Waals surface area contributed by atoms with E-state index in [1.54, 1.807) is 19.2 Å². The number of amides is 1. The number of anilines is 1. The third kappa shape index (κ3) is 7.95. The van der Waals surface area contributed by atoms with Crippen molar-refractivity contribution in [2.75, 3.05) is 19.5 Å². The van der Waals surface area contributed by atoms with Crippen LogP contribution in [0.5, 0.6) is 5.75 Å². The molecule has 1 aliphatic carbocycles. The number of carbonyl (C=O) groups excluding carboxylic acids is 1. The molecule has 0 bridgehead atoms. The molecular formula is C30H34F3N5O4. The van der Waals surface area contributed by atoms with E-state index in [4.69, 9.17) is 4.74 Å². The number of hydrogen-bond donors (Lipinski definition) is 3. The highest BCUT2D eigenvalue weighted by atomic mass is 19.4. The second-order valence-corrected chi connectivity index (χ2v) is 10.4. The molecule has 4 rings (SSSR count). The fourth-order valence-electron chi connectivity index (χ4n) is 5.25. The number of aromatic nitrogens is 3. The Morgan fingerprint density at radius 2 is 1.81 bits per heavy atom. The maximum absolute atomic E-state index is 13.5. The van der Waals surface area contributed by atoms with Gasteiger partial charge in [-0.2, -0.15) is 23.1 Å². The zero-order valence-corrected chi connectivity index (χ0v) is 23.5. The largest absolute Gasteiger partial charge is 0.497 e. The smallest absolute Gasteiger partial charge is 0.416 e. The molecule has 0 spiro atoms. The van der Waals surface area contributed by atoms with E-state index < -0.39 is 17.7 Å². The minimum Gasteiger partial charge on any atom is -0.497 e. The van der Waals surface area contributed by atoms with Crippen molar-refractivity contribution in [3.63, 3.8) is 0 Å². The average molecular weight is 586 g/mol. The zero-order chi connectivity index (χ0) is 30.3. The number of carboxylic acid groups (broad SMARTS) is 1. The minimum atomic E-state index is -4.55. The van der Waals surface area contributed by atoms with Gasteiger partial charge in [-0.05, 0) is 67.9 Å². The number of carboxylic acids is 1. The maximum atomic E-state index is 13.5. The van der Waals surface area contributed by atoms with Crippen LogP contribution >= 0.6 is 0 Å².